The van der Waals surface area contributed by atoms with Gasteiger partial charge < -0.3 is 9.47 Å². The molecule has 0 fully saturated rings. The van der Waals surface area contributed by atoms with E-state index < -0.39 is 5.60 Å². The maximum absolute atomic E-state index is 11.2. The average Bonchev–Trinajstić information content (AvgIpc) is 2.35. The second kappa shape index (κ2) is 5.28. The van der Waals surface area contributed by atoms with E-state index in [0.717, 1.165) is 41.0 Å². The van der Waals surface area contributed by atoms with Crippen LogP contribution < -0.4 is 9.47 Å². The van der Waals surface area contributed by atoms with E-state index >= 15 is 0 Å². The van der Waals surface area contributed by atoms with Gasteiger partial charge in [-0.25, -0.2) is 0 Å². The molecule has 1 aromatic carbocycles. The van der Waals surface area contributed by atoms with E-state index in [2.05, 4.69) is 6.92 Å². The number of rotatable bonds is 3. The molecule has 0 aromatic heterocycles. The molecule has 1 aliphatic heterocycles. The molecular weight excluding hydrogens is 276 g/mol. The molecule has 0 bridgehead atoms. The van der Waals surface area contributed by atoms with Crippen molar-refractivity contribution >= 4 is 16.8 Å². The molecule has 1 heterocycles. The topological polar surface area (TPSA) is 35.5 Å². The number of methoxy groups -OCH3 is 1. The second-order valence-electron chi connectivity index (χ2n) is 5.80. The Morgan fingerprint density at radius 1 is 1.30 bits per heavy atom. The maximum atomic E-state index is 11.2. The fourth-order valence-corrected chi connectivity index (χ4v) is 3.29. The van der Waals surface area contributed by atoms with Gasteiger partial charge >= 0.3 is 0 Å². The van der Waals surface area contributed by atoms with Crippen LogP contribution >= 0.6 is 11.6 Å². The summed E-state index contributed by atoms with van der Waals surface area (Å²) in [4.78, 5) is 11.2. The summed E-state index contributed by atoms with van der Waals surface area (Å²) in [6.45, 7) is 8.07. The van der Waals surface area contributed by atoms with E-state index in [1.165, 1.54) is 5.56 Å². The van der Waals surface area contributed by atoms with E-state index in [9.17, 15) is 4.79 Å². The molecule has 0 N–H and O–H groups in total. The summed E-state index contributed by atoms with van der Waals surface area (Å²) in [5.74, 6) is 1.83. The van der Waals surface area contributed by atoms with Crippen LogP contribution in [0.25, 0.3) is 0 Å². The molecule has 1 aromatic rings. The number of ether oxygens (including phenoxy) is 2. The van der Waals surface area contributed by atoms with Crippen LogP contribution in [-0.2, 0) is 11.2 Å². The van der Waals surface area contributed by atoms with Gasteiger partial charge in [0.15, 0.2) is 0 Å². The lowest BCUT2D eigenvalue weighted by molar-refractivity contribution is -0.115. The number of carbonyl (C=O) groups is 1. The standard InChI is InChI=1S/C16H21ClO3/c1-9-10(2)15-12(11(3)14(9)19-5)6-7-16(4,20-15)8-13(17)18/h6-8H2,1-5H3. The van der Waals surface area contributed by atoms with Gasteiger partial charge in [0.1, 0.15) is 17.1 Å². The summed E-state index contributed by atoms with van der Waals surface area (Å²) in [6.07, 6.45) is 1.89. The predicted octanol–water partition coefficient (Wildman–Crippen LogP) is 3.86. The lowest BCUT2D eigenvalue weighted by Crippen LogP contribution is -2.38. The van der Waals surface area contributed by atoms with E-state index in [-0.39, 0.29) is 11.7 Å². The Bertz CT molecular complexity index is 566. The third kappa shape index (κ3) is 2.51. The van der Waals surface area contributed by atoms with E-state index in [4.69, 9.17) is 21.1 Å². The van der Waals surface area contributed by atoms with Crippen molar-refractivity contribution in [3.05, 3.63) is 22.3 Å². The fourth-order valence-electron chi connectivity index (χ4n) is 3.01. The monoisotopic (exact) mass is 296 g/mol. The van der Waals surface area contributed by atoms with Crippen LogP contribution in [0.15, 0.2) is 0 Å². The minimum atomic E-state index is -0.510. The van der Waals surface area contributed by atoms with Crippen molar-refractivity contribution in [1.82, 2.24) is 0 Å². The van der Waals surface area contributed by atoms with Crippen LogP contribution in [-0.4, -0.2) is 18.0 Å². The Morgan fingerprint density at radius 2 is 1.95 bits per heavy atom. The summed E-state index contributed by atoms with van der Waals surface area (Å²) in [5, 5.41) is -0.351. The largest absolute Gasteiger partial charge is 0.496 e. The van der Waals surface area contributed by atoms with Gasteiger partial charge in [-0.1, -0.05) is 0 Å². The summed E-state index contributed by atoms with van der Waals surface area (Å²) in [5.41, 5.74) is 3.97. The smallest absolute Gasteiger partial charge is 0.225 e. The summed E-state index contributed by atoms with van der Waals surface area (Å²) in [7, 11) is 1.70. The molecule has 0 spiro atoms. The van der Waals surface area contributed by atoms with Gasteiger partial charge in [0, 0.05) is 5.56 Å². The molecule has 1 atom stereocenters. The Hall–Kier alpha value is -1.22. The predicted molar refractivity (Wildman–Crippen MR) is 80.0 cm³/mol. The van der Waals surface area contributed by atoms with Crippen LogP contribution in [0.4, 0.5) is 0 Å². The normalized spacial score (nSPS) is 21.1. The third-order valence-corrected chi connectivity index (χ3v) is 4.41. The lowest BCUT2D eigenvalue weighted by Gasteiger charge is -2.37. The molecule has 0 aliphatic carbocycles. The quantitative estimate of drug-likeness (QED) is 0.795. The van der Waals surface area contributed by atoms with Crippen molar-refractivity contribution in [2.75, 3.05) is 7.11 Å². The Balaban J connectivity index is 2.50. The number of carbonyl (C=O) groups excluding carboxylic acids is 1. The van der Waals surface area contributed by atoms with Crippen LogP contribution in [0.1, 0.15) is 42.0 Å². The molecule has 0 saturated carbocycles. The first-order chi connectivity index (χ1) is 9.29. The van der Waals surface area contributed by atoms with Crippen molar-refractivity contribution < 1.29 is 14.3 Å². The minimum absolute atomic E-state index is 0.234. The first kappa shape index (κ1) is 15.2. The SMILES string of the molecule is COc1c(C)c(C)c2c(c1C)CCC(C)(CC(=O)Cl)O2. The molecule has 0 amide bonds. The Morgan fingerprint density at radius 3 is 2.50 bits per heavy atom. The second-order valence-corrected chi connectivity index (χ2v) is 6.22. The summed E-state index contributed by atoms with van der Waals surface area (Å²) >= 11 is 5.54. The Kier molecular flexibility index (Phi) is 4.01. The van der Waals surface area contributed by atoms with Gasteiger partial charge in [0.25, 0.3) is 0 Å². The highest BCUT2D eigenvalue weighted by molar-refractivity contribution is 6.63. The number of benzene rings is 1. The first-order valence-electron chi connectivity index (χ1n) is 6.83. The average molecular weight is 297 g/mol. The van der Waals surface area contributed by atoms with Crippen molar-refractivity contribution in [2.24, 2.45) is 0 Å². The van der Waals surface area contributed by atoms with Gasteiger partial charge in [-0.05, 0) is 68.8 Å². The zero-order valence-electron chi connectivity index (χ0n) is 12.7. The van der Waals surface area contributed by atoms with Gasteiger partial charge in [0.05, 0.1) is 13.5 Å². The molecular formula is C16H21ClO3. The van der Waals surface area contributed by atoms with Crippen molar-refractivity contribution in [2.45, 2.75) is 52.6 Å². The molecule has 1 unspecified atom stereocenters. The van der Waals surface area contributed by atoms with Crippen LogP contribution in [0.2, 0.25) is 0 Å². The minimum Gasteiger partial charge on any atom is -0.496 e. The van der Waals surface area contributed by atoms with Gasteiger partial charge in [-0.15, -0.1) is 0 Å². The maximum Gasteiger partial charge on any atom is 0.225 e. The zero-order chi connectivity index (χ0) is 15.1. The van der Waals surface area contributed by atoms with Crippen molar-refractivity contribution in [3.8, 4) is 11.5 Å². The number of hydrogen-bond acceptors (Lipinski definition) is 3. The first-order valence-corrected chi connectivity index (χ1v) is 7.21. The van der Waals surface area contributed by atoms with Crippen molar-refractivity contribution in [3.63, 3.8) is 0 Å². The fraction of sp³-hybridized carbons (Fsp3) is 0.562. The lowest BCUT2D eigenvalue weighted by atomic mass is 9.86. The third-order valence-electron chi connectivity index (χ3n) is 4.28. The summed E-state index contributed by atoms with van der Waals surface area (Å²) in [6, 6.07) is 0. The van der Waals surface area contributed by atoms with Crippen molar-refractivity contribution in [1.29, 1.82) is 0 Å². The molecule has 1 aliphatic rings. The molecule has 4 heteroatoms. The zero-order valence-corrected chi connectivity index (χ0v) is 13.5. The highest BCUT2D eigenvalue weighted by Crippen LogP contribution is 2.44. The van der Waals surface area contributed by atoms with Crippen LogP contribution in [0, 0.1) is 20.8 Å². The molecule has 2 rings (SSSR count). The molecule has 0 radical (unpaired) electrons. The van der Waals surface area contributed by atoms with Gasteiger partial charge in [-0.3, -0.25) is 4.79 Å². The molecule has 3 nitrogen and oxygen atoms in total. The number of halogens is 1. The molecule has 110 valence electrons. The number of fused-ring (bicyclic) bond motifs is 1. The van der Waals surface area contributed by atoms with E-state index in [0.29, 0.717) is 0 Å². The highest BCUT2D eigenvalue weighted by atomic mass is 35.5. The molecule has 0 saturated heterocycles. The van der Waals surface area contributed by atoms with Gasteiger partial charge in [0.2, 0.25) is 5.24 Å². The van der Waals surface area contributed by atoms with E-state index in [1.54, 1.807) is 7.11 Å². The highest BCUT2D eigenvalue weighted by Gasteiger charge is 2.36. The molecule has 20 heavy (non-hydrogen) atoms. The van der Waals surface area contributed by atoms with E-state index in [1.807, 2.05) is 20.8 Å². The Labute approximate surface area is 125 Å². The van der Waals surface area contributed by atoms with Crippen LogP contribution in [0.5, 0.6) is 11.5 Å². The number of hydrogen-bond donors (Lipinski definition) is 0. The summed E-state index contributed by atoms with van der Waals surface area (Å²) < 4.78 is 11.7. The van der Waals surface area contributed by atoms with Gasteiger partial charge in [-0.2, -0.15) is 0 Å². The van der Waals surface area contributed by atoms with Crippen LogP contribution in [0.3, 0.4) is 0 Å².